The number of hydrogen-bond acceptors (Lipinski definition) is 2. The van der Waals surface area contributed by atoms with Crippen molar-refractivity contribution in [2.24, 2.45) is 11.7 Å². The number of nitrogens with two attached hydrogens (primary N) is 1. The van der Waals surface area contributed by atoms with Crippen LogP contribution in [0.5, 0.6) is 0 Å². The Labute approximate surface area is 120 Å². The number of amidine groups is 1. The number of halogens is 1. The van der Waals surface area contributed by atoms with Crippen LogP contribution >= 0.6 is 11.6 Å². The lowest BCUT2D eigenvalue weighted by molar-refractivity contribution is 0.362. The Morgan fingerprint density at radius 1 is 1.37 bits per heavy atom. The standard InChI is InChI=1S/C15H22ClN3/c1-19(10-11-5-3-2-4-6-11)14-8-7-12(15(17)18)9-13(14)16/h7-9,11H,2-6,10H2,1H3,(H3,17,18). The van der Waals surface area contributed by atoms with Crippen LogP contribution in [0.4, 0.5) is 5.69 Å². The highest BCUT2D eigenvalue weighted by atomic mass is 35.5. The lowest BCUT2D eigenvalue weighted by atomic mass is 9.89. The summed E-state index contributed by atoms with van der Waals surface area (Å²) in [5.41, 5.74) is 7.17. The maximum absolute atomic E-state index is 7.42. The van der Waals surface area contributed by atoms with Crippen molar-refractivity contribution in [3.05, 3.63) is 28.8 Å². The summed E-state index contributed by atoms with van der Waals surface area (Å²) in [7, 11) is 2.09. The van der Waals surface area contributed by atoms with Crippen LogP contribution < -0.4 is 10.6 Å². The topological polar surface area (TPSA) is 53.1 Å². The van der Waals surface area contributed by atoms with Crippen LogP contribution in [0.3, 0.4) is 0 Å². The minimum atomic E-state index is 0.0587. The van der Waals surface area contributed by atoms with Gasteiger partial charge in [-0.2, -0.15) is 0 Å². The number of benzene rings is 1. The number of anilines is 1. The molecule has 0 atom stereocenters. The van der Waals surface area contributed by atoms with Gasteiger partial charge in [-0.05, 0) is 37.0 Å². The Bertz CT molecular complexity index is 453. The van der Waals surface area contributed by atoms with E-state index in [9.17, 15) is 0 Å². The van der Waals surface area contributed by atoms with Gasteiger partial charge in [0.25, 0.3) is 0 Å². The molecule has 0 unspecified atom stereocenters. The average molecular weight is 280 g/mol. The summed E-state index contributed by atoms with van der Waals surface area (Å²) in [5, 5.41) is 8.09. The molecule has 3 N–H and O–H groups in total. The predicted octanol–water partition coefficient (Wildman–Crippen LogP) is 3.64. The summed E-state index contributed by atoms with van der Waals surface area (Å²) in [4.78, 5) is 2.22. The first-order chi connectivity index (χ1) is 9.08. The van der Waals surface area contributed by atoms with Crippen LogP contribution in [0.15, 0.2) is 18.2 Å². The monoisotopic (exact) mass is 279 g/mol. The van der Waals surface area contributed by atoms with Crippen molar-refractivity contribution in [2.75, 3.05) is 18.5 Å². The van der Waals surface area contributed by atoms with E-state index >= 15 is 0 Å². The third-order valence-corrected chi connectivity index (χ3v) is 4.23. The smallest absolute Gasteiger partial charge is 0.122 e. The van der Waals surface area contributed by atoms with Crippen molar-refractivity contribution in [3.8, 4) is 0 Å². The first-order valence-electron chi connectivity index (χ1n) is 6.93. The molecule has 2 rings (SSSR count). The molecule has 1 aromatic carbocycles. The third-order valence-electron chi connectivity index (χ3n) is 3.93. The van der Waals surface area contributed by atoms with E-state index < -0.39 is 0 Å². The van der Waals surface area contributed by atoms with Gasteiger partial charge in [0.1, 0.15) is 5.84 Å². The molecule has 3 nitrogen and oxygen atoms in total. The molecule has 1 aliphatic rings. The van der Waals surface area contributed by atoms with E-state index in [1.807, 2.05) is 12.1 Å². The summed E-state index contributed by atoms with van der Waals surface area (Å²) in [5.74, 6) is 0.839. The minimum absolute atomic E-state index is 0.0587. The molecule has 4 heteroatoms. The highest BCUT2D eigenvalue weighted by Gasteiger charge is 2.17. The normalized spacial score (nSPS) is 16.3. The van der Waals surface area contributed by atoms with Gasteiger partial charge >= 0.3 is 0 Å². The van der Waals surface area contributed by atoms with E-state index in [0.29, 0.717) is 10.6 Å². The zero-order chi connectivity index (χ0) is 13.8. The van der Waals surface area contributed by atoms with Gasteiger partial charge < -0.3 is 10.6 Å². The first-order valence-corrected chi connectivity index (χ1v) is 7.31. The second kappa shape index (κ2) is 6.29. The fraction of sp³-hybridized carbons (Fsp3) is 0.533. The number of rotatable bonds is 4. The van der Waals surface area contributed by atoms with E-state index in [2.05, 4.69) is 11.9 Å². The second-order valence-corrected chi connectivity index (χ2v) is 5.87. The molecule has 0 saturated heterocycles. The van der Waals surface area contributed by atoms with Crippen molar-refractivity contribution in [3.63, 3.8) is 0 Å². The van der Waals surface area contributed by atoms with Crippen LogP contribution in [-0.4, -0.2) is 19.4 Å². The van der Waals surface area contributed by atoms with E-state index in [0.717, 1.165) is 18.2 Å². The molecule has 0 aliphatic heterocycles. The second-order valence-electron chi connectivity index (χ2n) is 5.46. The molecule has 0 aromatic heterocycles. The van der Waals surface area contributed by atoms with E-state index in [-0.39, 0.29) is 5.84 Å². The fourth-order valence-corrected chi connectivity index (χ4v) is 3.16. The number of hydrogen-bond donors (Lipinski definition) is 2. The van der Waals surface area contributed by atoms with Gasteiger partial charge in [-0.15, -0.1) is 0 Å². The largest absolute Gasteiger partial charge is 0.384 e. The van der Waals surface area contributed by atoms with Gasteiger partial charge in [0, 0.05) is 19.2 Å². The lowest BCUT2D eigenvalue weighted by Crippen LogP contribution is -2.27. The zero-order valence-electron chi connectivity index (χ0n) is 11.5. The predicted molar refractivity (Wildman–Crippen MR) is 82.3 cm³/mol. The Kier molecular flexibility index (Phi) is 4.70. The van der Waals surface area contributed by atoms with Crippen LogP contribution in [0.2, 0.25) is 5.02 Å². The van der Waals surface area contributed by atoms with Crippen molar-refractivity contribution in [1.82, 2.24) is 0 Å². The first kappa shape index (κ1) is 14.2. The summed E-state index contributed by atoms with van der Waals surface area (Å²) < 4.78 is 0. The van der Waals surface area contributed by atoms with Gasteiger partial charge in [0.2, 0.25) is 0 Å². The van der Waals surface area contributed by atoms with Crippen LogP contribution in [-0.2, 0) is 0 Å². The van der Waals surface area contributed by atoms with Gasteiger partial charge in [-0.25, -0.2) is 0 Å². The Hall–Kier alpha value is -1.22. The molecule has 0 radical (unpaired) electrons. The molecule has 0 spiro atoms. The van der Waals surface area contributed by atoms with Gasteiger partial charge in [0.15, 0.2) is 0 Å². The van der Waals surface area contributed by atoms with E-state index in [4.69, 9.17) is 22.7 Å². The van der Waals surface area contributed by atoms with Crippen LogP contribution in [0, 0.1) is 11.3 Å². The molecule has 0 bridgehead atoms. The maximum atomic E-state index is 7.42. The van der Waals surface area contributed by atoms with Gasteiger partial charge in [-0.3, -0.25) is 5.41 Å². The van der Waals surface area contributed by atoms with Crippen molar-refractivity contribution < 1.29 is 0 Å². The van der Waals surface area contributed by atoms with Crippen LogP contribution in [0.25, 0.3) is 0 Å². The molecule has 1 saturated carbocycles. The SMILES string of the molecule is CN(CC1CCCCC1)c1ccc(C(=N)N)cc1Cl. The molecule has 1 fully saturated rings. The number of nitrogens with zero attached hydrogens (tertiary/aromatic N) is 1. The zero-order valence-corrected chi connectivity index (χ0v) is 12.2. The molecule has 19 heavy (non-hydrogen) atoms. The van der Waals surface area contributed by atoms with Crippen molar-refractivity contribution in [1.29, 1.82) is 5.41 Å². The number of nitrogen functional groups attached to an aromatic ring is 1. The minimum Gasteiger partial charge on any atom is -0.384 e. The summed E-state index contributed by atoms with van der Waals surface area (Å²) in [6.45, 7) is 1.05. The molecular formula is C15H22ClN3. The average Bonchev–Trinajstić information content (AvgIpc) is 2.39. The summed E-state index contributed by atoms with van der Waals surface area (Å²) in [6.07, 6.45) is 6.75. The lowest BCUT2D eigenvalue weighted by Gasteiger charge is -2.29. The van der Waals surface area contributed by atoms with Gasteiger partial charge in [-0.1, -0.05) is 30.9 Å². The highest BCUT2D eigenvalue weighted by Crippen LogP contribution is 2.29. The molecular weight excluding hydrogens is 258 g/mol. The molecule has 1 aliphatic carbocycles. The maximum Gasteiger partial charge on any atom is 0.122 e. The molecule has 0 amide bonds. The van der Waals surface area contributed by atoms with Crippen LogP contribution in [0.1, 0.15) is 37.7 Å². The number of nitrogens with one attached hydrogen (secondary N) is 1. The quantitative estimate of drug-likeness (QED) is 0.653. The Morgan fingerprint density at radius 3 is 2.63 bits per heavy atom. The molecule has 0 heterocycles. The van der Waals surface area contributed by atoms with E-state index in [1.165, 1.54) is 32.1 Å². The summed E-state index contributed by atoms with van der Waals surface area (Å²) >= 11 is 6.29. The molecule has 104 valence electrons. The Morgan fingerprint density at radius 2 is 2.05 bits per heavy atom. The van der Waals surface area contributed by atoms with Crippen molar-refractivity contribution in [2.45, 2.75) is 32.1 Å². The van der Waals surface area contributed by atoms with E-state index in [1.54, 1.807) is 6.07 Å². The Balaban J connectivity index is 2.05. The fourth-order valence-electron chi connectivity index (χ4n) is 2.84. The van der Waals surface area contributed by atoms with Crippen molar-refractivity contribution >= 4 is 23.1 Å². The summed E-state index contributed by atoms with van der Waals surface area (Å²) in [6, 6.07) is 5.60. The highest BCUT2D eigenvalue weighted by molar-refractivity contribution is 6.33. The molecule has 1 aromatic rings. The van der Waals surface area contributed by atoms with Gasteiger partial charge in [0.05, 0.1) is 10.7 Å². The third kappa shape index (κ3) is 3.63.